The van der Waals surface area contributed by atoms with Crippen LogP contribution < -0.4 is 4.74 Å². The van der Waals surface area contributed by atoms with Gasteiger partial charge in [0.05, 0.1) is 13.0 Å². The second-order valence-corrected chi connectivity index (χ2v) is 6.87. The van der Waals surface area contributed by atoms with E-state index in [4.69, 9.17) is 20.1 Å². The molecule has 9 heteroatoms. The van der Waals surface area contributed by atoms with Gasteiger partial charge in [-0.3, -0.25) is 4.52 Å². The lowest BCUT2D eigenvalue weighted by Crippen LogP contribution is -2.05. The Bertz CT molecular complexity index is 704. The van der Waals surface area contributed by atoms with Crippen LogP contribution in [0.5, 0.6) is 5.75 Å². The summed E-state index contributed by atoms with van der Waals surface area (Å²) in [5.74, 6) is 0.589. The molecular formula is C14H15N2O5PS. The van der Waals surface area contributed by atoms with E-state index in [2.05, 4.69) is 9.31 Å². The van der Waals surface area contributed by atoms with Crippen LogP contribution >= 0.6 is 19.6 Å². The molecule has 1 aromatic carbocycles. The summed E-state index contributed by atoms with van der Waals surface area (Å²) >= 11 is 1.57. The minimum absolute atomic E-state index is 0.0504. The molecule has 2 N–H and O–H groups in total. The molecule has 0 atom stereocenters. The molecular weight excluding hydrogens is 339 g/mol. The van der Waals surface area contributed by atoms with Crippen molar-refractivity contribution in [1.82, 2.24) is 0 Å². The van der Waals surface area contributed by atoms with Crippen LogP contribution in [0, 0.1) is 0 Å². The number of benzene rings is 1. The third-order valence-electron chi connectivity index (χ3n) is 2.75. The number of phosphoric ester groups is 1. The average molecular weight is 354 g/mol. The zero-order chi connectivity index (χ0) is 16.7. The van der Waals surface area contributed by atoms with Gasteiger partial charge in [0, 0.05) is 15.9 Å². The summed E-state index contributed by atoms with van der Waals surface area (Å²) in [6.07, 6.45) is 6.22. The van der Waals surface area contributed by atoms with Crippen molar-refractivity contribution in [3.8, 4) is 5.75 Å². The molecule has 0 saturated carbocycles. The lowest BCUT2D eigenvalue weighted by atomic mass is 10.2. The Kier molecular flexibility index (Phi) is 6.36. The van der Waals surface area contributed by atoms with Gasteiger partial charge in [-0.05, 0) is 30.3 Å². The van der Waals surface area contributed by atoms with Gasteiger partial charge in [0.1, 0.15) is 12.4 Å². The van der Waals surface area contributed by atoms with E-state index in [9.17, 15) is 4.57 Å². The van der Waals surface area contributed by atoms with Crippen LogP contribution in [0.25, 0.3) is 5.53 Å². The van der Waals surface area contributed by atoms with Gasteiger partial charge in [-0.2, -0.15) is 4.79 Å². The van der Waals surface area contributed by atoms with Gasteiger partial charge in [-0.25, -0.2) is 4.57 Å². The van der Waals surface area contributed by atoms with Crippen LogP contribution in [-0.2, 0) is 9.09 Å². The number of hydrogen-bond acceptors (Lipinski definition) is 4. The molecule has 0 unspecified atom stereocenters. The minimum Gasteiger partial charge on any atom is -0.491 e. The van der Waals surface area contributed by atoms with E-state index in [-0.39, 0.29) is 13.2 Å². The Morgan fingerprint density at radius 2 is 1.96 bits per heavy atom. The van der Waals surface area contributed by atoms with Gasteiger partial charge in [0.15, 0.2) is 0 Å². The van der Waals surface area contributed by atoms with Crippen LogP contribution in [-0.4, -0.2) is 33.5 Å². The monoisotopic (exact) mass is 354 g/mol. The number of phosphoric acid groups is 1. The van der Waals surface area contributed by atoms with Crippen LogP contribution in [0.15, 0.2) is 52.3 Å². The first kappa shape index (κ1) is 17.7. The highest BCUT2D eigenvalue weighted by atomic mass is 32.2. The molecule has 0 spiro atoms. The van der Waals surface area contributed by atoms with Gasteiger partial charge in [0.25, 0.3) is 5.71 Å². The molecule has 0 aliphatic heterocycles. The van der Waals surface area contributed by atoms with E-state index in [1.165, 1.54) is 0 Å². The smallest absolute Gasteiger partial charge is 0.469 e. The molecule has 23 heavy (non-hydrogen) atoms. The van der Waals surface area contributed by atoms with Crippen molar-refractivity contribution < 1.29 is 28.4 Å². The van der Waals surface area contributed by atoms with E-state index in [0.717, 1.165) is 9.80 Å². The highest BCUT2D eigenvalue weighted by Gasteiger charge is 2.13. The van der Waals surface area contributed by atoms with Crippen molar-refractivity contribution in [2.75, 3.05) is 13.2 Å². The van der Waals surface area contributed by atoms with Crippen molar-refractivity contribution >= 4 is 25.3 Å². The zero-order valence-electron chi connectivity index (χ0n) is 12.0. The fourth-order valence-electron chi connectivity index (χ4n) is 1.73. The highest BCUT2D eigenvalue weighted by molar-refractivity contribution is 8.03. The quantitative estimate of drug-likeness (QED) is 0.337. The largest absolute Gasteiger partial charge is 0.491 e. The number of nitrogens with zero attached hydrogens (tertiary/aromatic N) is 2. The molecule has 122 valence electrons. The first-order chi connectivity index (χ1) is 11.0. The number of ether oxygens (including phenoxy) is 1. The van der Waals surface area contributed by atoms with E-state index in [0.29, 0.717) is 17.9 Å². The number of thioether (sulfide) groups is 1. The third-order valence-corrected chi connectivity index (χ3v) is 4.32. The molecule has 0 saturated heterocycles. The summed E-state index contributed by atoms with van der Waals surface area (Å²) in [5, 5.41) is 0. The summed E-state index contributed by atoms with van der Waals surface area (Å²) < 4.78 is 20.1. The molecule has 0 aromatic heterocycles. The molecule has 0 bridgehead atoms. The molecule has 2 rings (SSSR count). The van der Waals surface area contributed by atoms with Gasteiger partial charge >= 0.3 is 7.82 Å². The Balaban J connectivity index is 1.81. The SMILES string of the molecule is [N-]=[N+]=C1C=CC(Sc2ccc(OCCOP(=O)(O)O)cc2)=CC1. The Labute approximate surface area is 137 Å². The first-order valence-corrected chi connectivity index (χ1v) is 9.01. The maximum atomic E-state index is 10.5. The standard InChI is InChI=1S/C14H15N2O5PS/c15-16-11-1-5-13(6-2-11)23-14-7-3-12(4-8-14)20-9-10-21-22(17,18)19/h1,3-8H,2,9-10H2,(H2,17,18,19). The topological polar surface area (TPSA) is 112 Å². The normalized spacial score (nSPS) is 14.3. The Morgan fingerprint density at radius 1 is 1.22 bits per heavy atom. The van der Waals surface area contributed by atoms with Crippen molar-refractivity contribution in [3.05, 3.63) is 52.9 Å². The number of rotatable bonds is 7. The minimum atomic E-state index is -4.44. The fourth-order valence-corrected chi connectivity index (χ4v) is 2.88. The summed E-state index contributed by atoms with van der Waals surface area (Å²) in [6.45, 7) is -0.137. The molecule has 0 radical (unpaired) electrons. The van der Waals surface area contributed by atoms with Crippen molar-refractivity contribution in [2.24, 2.45) is 0 Å². The van der Waals surface area contributed by atoms with Gasteiger partial charge < -0.3 is 20.1 Å². The fraction of sp³-hybridized carbons (Fsp3) is 0.214. The van der Waals surface area contributed by atoms with Crippen molar-refractivity contribution in [1.29, 1.82) is 0 Å². The zero-order valence-corrected chi connectivity index (χ0v) is 13.7. The molecule has 1 aliphatic carbocycles. The third kappa shape index (κ3) is 6.54. The van der Waals surface area contributed by atoms with E-state index in [1.54, 1.807) is 30.0 Å². The van der Waals surface area contributed by atoms with Crippen LogP contribution in [0.4, 0.5) is 0 Å². The van der Waals surface area contributed by atoms with E-state index < -0.39 is 7.82 Å². The van der Waals surface area contributed by atoms with Gasteiger partial charge in [0.2, 0.25) is 0 Å². The van der Waals surface area contributed by atoms with E-state index >= 15 is 0 Å². The Morgan fingerprint density at radius 3 is 2.52 bits per heavy atom. The van der Waals surface area contributed by atoms with Crippen LogP contribution in [0.1, 0.15) is 6.42 Å². The summed E-state index contributed by atoms with van der Waals surface area (Å²) in [6, 6.07) is 7.31. The van der Waals surface area contributed by atoms with Gasteiger partial charge in [-0.15, -0.1) is 0 Å². The maximum Gasteiger partial charge on any atom is 0.469 e. The summed E-state index contributed by atoms with van der Waals surface area (Å²) in [5.41, 5.74) is 9.29. The first-order valence-electron chi connectivity index (χ1n) is 6.66. The second-order valence-electron chi connectivity index (χ2n) is 4.48. The van der Waals surface area contributed by atoms with Crippen molar-refractivity contribution in [3.63, 3.8) is 0 Å². The molecule has 0 heterocycles. The lowest BCUT2D eigenvalue weighted by Gasteiger charge is -2.09. The van der Waals surface area contributed by atoms with Crippen LogP contribution in [0.2, 0.25) is 0 Å². The van der Waals surface area contributed by atoms with Gasteiger partial charge in [-0.1, -0.05) is 17.8 Å². The predicted molar refractivity (Wildman–Crippen MR) is 86.3 cm³/mol. The van der Waals surface area contributed by atoms with E-state index in [1.807, 2.05) is 24.3 Å². The maximum absolute atomic E-state index is 10.5. The molecule has 1 aromatic rings. The highest BCUT2D eigenvalue weighted by Crippen LogP contribution is 2.35. The van der Waals surface area contributed by atoms with Crippen LogP contribution in [0.3, 0.4) is 0 Å². The second kappa shape index (κ2) is 8.26. The summed E-state index contributed by atoms with van der Waals surface area (Å²) in [4.78, 5) is 22.3. The number of allylic oxidation sites excluding steroid dienone is 3. The summed E-state index contributed by atoms with van der Waals surface area (Å²) in [7, 11) is -4.44. The molecule has 1 aliphatic rings. The number of hydrogen-bond donors (Lipinski definition) is 2. The predicted octanol–water partition coefficient (Wildman–Crippen LogP) is 2.78. The lowest BCUT2D eigenvalue weighted by molar-refractivity contribution is -0.00539. The van der Waals surface area contributed by atoms with Crippen molar-refractivity contribution in [2.45, 2.75) is 11.3 Å². The Hall–Kier alpha value is -1.66. The molecule has 0 amide bonds. The molecule has 0 fully saturated rings. The molecule has 7 nitrogen and oxygen atoms in total. The average Bonchev–Trinajstić information content (AvgIpc) is 2.53.